The zero-order valence-corrected chi connectivity index (χ0v) is 23.5. The van der Waals surface area contributed by atoms with Crippen molar-refractivity contribution in [1.82, 2.24) is 0 Å². The lowest BCUT2D eigenvalue weighted by Crippen LogP contribution is -2.53. The van der Waals surface area contributed by atoms with E-state index in [1.807, 2.05) is 6.92 Å². The van der Waals surface area contributed by atoms with Gasteiger partial charge >= 0.3 is 5.97 Å². The van der Waals surface area contributed by atoms with Crippen molar-refractivity contribution in [2.45, 2.75) is 131 Å². The molecule has 0 aliphatic heterocycles. The van der Waals surface area contributed by atoms with Crippen LogP contribution in [0.5, 0.6) is 0 Å². The number of fused-ring (bicyclic) bond motifs is 5. The van der Waals surface area contributed by atoms with Crippen LogP contribution in [-0.2, 0) is 9.53 Å². The molecule has 0 heterocycles. The van der Waals surface area contributed by atoms with Gasteiger partial charge in [0.05, 0.1) is 6.61 Å². The van der Waals surface area contributed by atoms with E-state index in [0.29, 0.717) is 35.7 Å². The summed E-state index contributed by atoms with van der Waals surface area (Å²) in [4.78, 5) is 11.5. The summed E-state index contributed by atoms with van der Waals surface area (Å²) in [7, 11) is 0. The Morgan fingerprint density at radius 3 is 2.35 bits per heavy atom. The third kappa shape index (κ3) is 5.00. The average Bonchev–Trinajstić information content (AvgIpc) is 3.17. The fraction of sp³-hybridized carbons (Fsp3) is 0.969. The summed E-state index contributed by atoms with van der Waals surface area (Å²) in [5.74, 6) is 7.11. The summed E-state index contributed by atoms with van der Waals surface area (Å²) in [6.45, 7) is 15.2. The smallest absolute Gasteiger partial charge is 0.305 e. The highest BCUT2D eigenvalue weighted by Crippen LogP contribution is 2.68. The summed E-state index contributed by atoms with van der Waals surface area (Å²) in [5.41, 5.74) is 1.25. The first kappa shape index (κ1) is 26.5. The second-order valence-electron chi connectivity index (χ2n) is 14.1. The third-order valence-electron chi connectivity index (χ3n) is 12.3. The number of esters is 1. The zero-order chi connectivity index (χ0) is 24.5. The van der Waals surface area contributed by atoms with Crippen LogP contribution in [-0.4, -0.2) is 12.6 Å². The van der Waals surface area contributed by atoms with Crippen molar-refractivity contribution in [1.29, 1.82) is 0 Å². The molecule has 0 spiro atoms. The maximum absolute atomic E-state index is 11.5. The van der Waals surface area contributed by atoms with Gasteiger partial charge in [0.25, 0.3) is 0 Å². The van der Waals surface area contributed by atoms with E-state index >= 15 is 0 Å². The Labute approximate surface area is 211 Å². The molecule has 0 radical (unpaired) electrons. The summed E-state index contributed by atoms with van der Waals surface area (Å²) >= 11 is 0. The van der Waals surface area contributed by atoms with Gasteiger partial charge in [-0.3, -0.25) is 4.79 Å². The molecule has 9 atom stereocenters. The standard InChI is InChI=1S/C32H56O2/c1-7-30(33)34-21-18-24(22(2)3)12-11-23(4)27-15-16-28-26-14-13-25-10-8-9-19-31(25,5)29(26)17-20-32(27,28)6/h22-29H,7-21H2,1-6H3/t23-,24+,25?,26+,27-,28+,29+,31+,32-/m1/s1. The Morgan fingerprint density at radius 1 is 0.853 bits per heavy atom. The van der Waals surface area contributed by atoms with Gasteiger partial charge in [0.1, 0.15) is 0 Å². The molecule has 0 N–H and O–H groups in total. The second-order valence-corrected chi connectivity index (χ2v) is 14.1. The van der Waals surface area contributed by atoms with E-state index in [0.717, 1.165) is 41.9 Å². The molecular weight excluding hydrogens is 416 g/mol. The quantitative estimate of drug-likeness (QED) is 0.313. The van der Waals surface area contributed by atoms with Crippen LogP contribution < -0.4 is 0 Å². The second kappa shape index (κ2) is 10.8. The molecule has 2 nitrogen and oxygen atoms in total. The highest BCUT2D eigenvalue weighted by atomic mass is 16.5. The summed E-state index contributed by atoms with van der Waals surface area (Å²) in [5, 5.41) is 0. The molecule has 4 aliphatic carbocycles. The molecule has 4 saturated carbocycles. The molecule has 1 unspecified atom stereocenters. The molecule has 4 aliphatic rings. The van der Waals surface area contributed by atoms with Crippen molar-refractivity contribution in [2.24, 2.45) is 58.2 Å². The summed E-state index contributed by atoms with van der Waals surface area (Å²) in [6.07, 6.45) is 19.3. The highest BCUT2D eigenvalue weighted by Gasteiger charge is 2.60. The largest absolute Gasteiger partial charge is 0.466 e. The lowest BCUT2D eigenvalue weighted by atomic mass is 9.44. The maximum Gasteiger partial charge on any atom is 0.305 e. The van der Waals surface area contributed by atoms with E-state index in [9.17, 15) is 4.79 Å². The third-order valence-corrected chi connectivity index (χ3v) is 12.3. The van der Waals surface area contributed by atoms with Crippen LogP contribution in [0.25, 0.3) is 0 Å². The Morgan fingerprint density at radius 2 is 1.62 bits per heavy atom. The molecule has 0 saturated heterocycles. The minimum atomic E-state index is -0.0486. The monoisotopic (exact) mass is 472 g/mol. The van der Waals surface area contributed by atoms with Crippen molar-refractivity contribution >= 4 is 5.97 Å². The van der Waals surface area contributed by atoms with Crippen LogP contribution in [0, 0.1) is 58.2 Å². The van der Waals surface area contributed by atoms with Crippen LogP contribution in [0.2, 0.25) is 0 Å². The van der Waals surface area contributed by atoms with Gasteiger partial charge < -0.3 is 4.74 Å². The first-order valence-corrected chi connectivity index (χ1v) is 15.4. The normalized spacial score (nSPS) is 41.3. The SMILES string of the molecule is CCC(=O)OCC[C@H](CC[C@@H](C)[C@H]1CC[C@H]2[C@@H]3CCC4CCCC[C@]4(C)[C@H]3CC[C@]12C)C(C)C. The number of ether oxygens (including phenoxy) is 1. The fourth-order valence-electron chi connectivity index (χ4n) is 10.2. The molecule has 196 valence electrons. The van der Waals surface area contributed by atoms with Crippen molar-refractivity contribution < 1.29 is 9.53 Å². The number of rotatable bonds is 9. The minimum Gasteiger partial charge on any atom is -0.466 e. The van der Waals surface area contributed by atoms with E-state index in [-0.39, 0.29) is 5.97 Å². The van der Waals surface area contributed by atoms with E-state index in [1.54, 1.807) is 0 Å². The number of hydrogen-bond donors (Lipinski definition) is 0. The highest BCUT2D eigenvalue weighted by molar-refractivity contribution is 5.68. The minimum absolute atomic E-state index is 0.0486. The lowest BCUT2D eigenvalue weighted by Gasteiger charge is -2.61. The number of hydrogen-bond acceptors (Lipinski definition) is 2. The molecule has 0 aromatic heterocycles. The Bertz CT molecular complexity index is 684. The molecule has 0 aromatic rings. The van der Waals surface area contributed by atoms with Gasteiger partial charge in [0.15, 0.2) is 0 Å². The molecule has 34 heavy (non-hydrogen) atoms. The van der Waals surface area contributed by atoms with Crippen LogP contribution >= 0.6 is 0 Å². The van der Waals surface area contributed by atoms with Gasteiger partial charge in [-0.25, -0.2) is 0 Å². The van der Waals surface area contributed by atoms with Gasteiger partial charge in [-0.15, -0.1) is 0 Å². The summed E-state index contributed by atoms with van der Waals surface area (Å²) in [6, 6.07) is 0. The zero-order valence-electron chi connectivity index (χ0n) is 23.5. The molecular formula is C32H56O2. The van der Waals surface area contributed by atoms with Gasteiger partial charge in [-0.2, -0.15) is 0 Å². The van der Waals surface area contributed by atoms with E-state index in [2.05, 4.69) is 34.6 Å². The van der Waals surface area contributed by atoms with Crippen LogP contribution in [0.3, 0.4) is 0 Å². The Balaban J connectivity index is 1.36. The van der Waals surface area contributed by atoms with Gasteiger partial charge in [-0.1, -0.05) is 60.8 Å². The van der Waals surface area contributed by atoms with E-state index in [1.165, 1.54) is 77.0 Å². The van der Waals surface area contributed by atoms with Crippen LogP contribution in [0.15, 0.2) is 0 Å². The Hall–Kier alpha value is -0.530. The first-order chi connectivity index (χ1) is 16.2. The predicted octanol–water partition coefficient (Wildman–Crippen LogP) is 9.07. The molecule has 0 bridgehead atoms. The number of carbonyl (C=O) groups excluding carboxylic acids is 1. The average molecular weight is 473 g/mol. The van der Waals surface area contributed by atoms with Crippen molar-refractivity contribution in [3.63, 3.8) is 0 Å². The van der Waals surface area contributed by atoms with Crippen molar-refractivity contribution in [3.05, 3.63) is 0 Å². The van der Waals surface area contributed by atoms with Crippen LogP contribution in [0.1, 0.15) is 131 Å². The van der Waals surface area contributed by atoms with Crippen molar-refractivity contribution in [2.75, 3.05) is 6.61 Å². The Kier molecular flexibility index (Phi) is 8.46. The predicted molar refractivity (Wildman–Crippen MR) is 142 cm³/mol. The van der Waals surface area contributed by atoms with Crippen molar-refractivity contribution in [3.8, 4) is 0 Å². The topological polar surface area (TPSA) is 26.3 Å². The van der Waals surface area contributed by atoms with Crippen LogP contribution in [0.4, 0.5) is 0 Å². The molecule has 4 rings (SSSR count). The molecule has 0 aromatic carbocycles. The first-order valence-electron chi connectivity index (χ1n) is 15.4. The van der Waals surface area contributed by atoms with Gasteiger partial charge in [0, 0.05) is 6.42 Å². The lowest BCUT2D eigenvalue weighted by molar-refractivity contribution is -0.143. The number of carbonyl (C=O) groups is 1. The maximum atomic E-state index is 11.5. The fourth-order valence-corrected chi connectivity index (χ4v) is 10.2. The van der Waals surface area contributed by atoms with E-state index in [4.69, 9.17) is 4.74 Å². The molecule has 0 amide bonds. The van der Waals surface area contributed by atoms with Gasteiger partial charge in [0.2, 0.25) is 0 Å². The van der Waals surface area contributed by atoms with Gasteiger partial charge in [-0.05, 0) is 122 Å². The summed E-state index contributed by atoms with van der Waals surface area (Å²) < 4.78 is 5.42. The van der Waals surface area contributed by atoms with E-state index < -0.39 is 0 Å². The molecule has 4 fully saturated rings. The molecule has 2 heteroatoms.